The average molecular weight is 318 g/mol. The minimum atomic E-state index is -0.871. The molecule has 0 aromatic heterocycles. The Kier molecular flexibility index (Phi) is 5.73. The number of nitrogens with zero attached hydrogens (tertiary/aromatic N) is 1. The van der Waals surface area contributed by atoms with Gasteiger partial charge < -0.3 is 15.3 Å². The summed E-state index contributed by atoms with van der Waals surface area (Å²) in [6.07, 6.45) is 1.30. The molecule has 124 valence electrons. The predicted molar refractivity (Wildman–Crippen MR) is 84.6 cm³/mol. The maximum Gasteiger partial charge on any atom is 0.303 e. The number of hydrogen-bond donors (Lipinski definition) is 2. The molecule has 2 unspecified atom stereocenters. The third kappa shape index (κ3) is 4.31. The summed E-state index contributed by atoms with van der Waals surface area (Å²) in [5.41, 5.74) is 0.939. The van der Waals surface area contributed by atoms with Crippen molar-refractivity contribution in [3.8, 4) is 0 Å². The Morgan fingerprint density at radius 2 is 2.00 bits per heavy atom. The van der Waals surface area contributed by atoms with Crippen molar-refractivity contribution in [1.82, 2.24) is 10.2 Å². The van der Waals surface area contributed by atoms with Crippen LogP contribution in [-0.2, 0) is 14.4 Å². The van der Waals surface area contributed by atoms with Gasteiger partial charge in [0.05, 0.1) is 12.0 Å². The maximum absolute atomic E-state index is 12.5. The molecule has 1 aliphatic heterocycles. The number of amides is 2. The van der Waals surface area contributed by atoms with Gasteiger partial charge in [0.25, 0.3) is 0 Å². The fraction of sp³-hybridized carbons (Fsp3) is 0.471. The van der Waals surface area contributed by atoms with Gasteiger partial charge in [0.2, 0.25) is 11.8 Å². The Morgan fingerprint density at radius 1 is 1.30 bits per heavy atom. The van der Waals surface area contributed by atoms with Crippen molar-refractivity contribution >= 4 is 17.8 Å². The highest BCUT2D eigenvalue weighted by atomic mass is 16.4. The minimum Gasteiger partial charge on any atom is -0.481 e. The second-order valence-electron chi connectivity index (χ2n) is 5.79. The first-order valence-electron chi connectivity index (χ1n) is 7.81. The van der Waals surface area contributed by atoms with Crippen LogP contribution in [0.2, 0.25) is 0 Å². The molecular formula is C17H22N2O4. The summed E-state index contributed by atoms with van der Waals surface area (Å²) < 4.78 is 0. The van der Waals surface area contributed by atoms with Crippen LogP contribution < -0.4 is 5.32 Å². The molecular weight excluding hydrogens is 296 g/mol. The fourth-order valence-electron chi connectivity index (χ4n) is 3.00. The molecule has 2 rings (SSSR count). The Bertz CT molecular complexity index is 573. The van der Waals surface area contributed by atoms with E-state index in [2.05, 4.69) is 5.32 Å². The van der Waals surface area contributed by atoms with E-state index in [1.165, 1.54) is 0 Å². The van der Waals surface area contributed by atoms with Crippen molar-refractivity contribution < 1.29 is 19.5 Å². The number of rotatable bonds is 6. The Labute approximate surface area is 135 Å². The van der Waals surface area contributed by atoms with Gasteiger partial charge in [-0.05, 0) is 18.4 Å². The lowest BCUT2D eigenvalue weighted by molar-refractivity contribution is -0.142. The molecule has 2 amide bonds. The Balaban J connectivity index is 2.06. The maximum atomic E-state index is 12.5. The molecule has 6 nitrogen and oxygen atoms in total. The van der Waals surface area contributed by atoms with E-state index in [9.17, 15) is 14.4 Å². The Hall–Kier alpha value is -2.37. The zero-order valence-corrected chi connectivity index (χ0v) is 13.2. The first-order chi connectivity index (χ1) is 11.0. The van der Waals surface area contributed by atoms with Crippen molar-refractivity contribution in [2.24, 2.45) is 5.92 Å². The van der Waals surface area contributed by atoms with E-state index in [0.717, 1.165) is 5.56 Å². The number of nitrogens with one attached hydrogen (secondary N) is 1. The molecule has 2 atom stereocenters. The summed E-state index contributed by atoms with van der Waals surface area (Å²) in [5.74, 6) is -1.27. The molecule has 1 aliphatic rings. The highest BCUT2D eigenvalue weighted by Crippen LogP contribution is 2.35. The van der Waals surface area contributed by atoms with E-state index in [1.54, 1.807) is 11.9 Å². The SMILES string of the molecule is CN1C(=O)CCC(C(=O)NCCCC(=O)O)C1c1ccccc1. The predicted octanol–water partition coefficient (Wildman–Crippen LogP) is 1.58. The number of carbonyl (C=O) groups is 3. The van der Waals surface area contributed by atoms with Crippen LogP contribution in [-0.4, -0.2) is 41.4 Å². The number of likely N-dealkylation sites (tertiary alicyclic amines) is 1. The van der Waals surface area contributed by atoms with E-state index >= 15 is 0 Å². The molecule has 6 heteroatoms. The topological polar surface area (TPSA) is 86.7 Å². The second kappa shape index (κ2) is 7.76. The molecule has 2 N–H and O–H groups in total. The number of hydrogen-bond acceptors (Lipinski definition) is 3. The smallest absolute Gasteiger partial charge is 0.303 e. The van der Waals surface area contributed by atoms with Gasteiger partial charge in [0.15, 0.2) is 0 Å². The molecule has 1 aromatic rings. The molecule has 1 aromatic carbocycles. The van der Waals surface area contributed by atoms with Crippen LogP contribution in [0, 0.1) is 5.92 Å². The highest BCUT2D eigenvalue weighted by molar-refractivity contribution is 5.84. The summed E-state index contributed by atoms with van der Waals surface area (Å²) in [4.78, 5) is 36.6. The standard InChI is InChI=1S/C17H22N2O4/c1-19-14(20)10-9-13(16(19)12-6-3-2-4-7-12)17(23)18-11-5-8-15(21)22/h2-4,6-7,13,16H,5,8-11H2,1H3,(H,18,23)(H,21,22). The van der Waals surface area contributed by atoms with Crippen LogP contribution >= 0.6 is 0 Å². The molecule has 0 aliphatic carbocycles. The number of carboxylic acids is 1. The van der Waals surface area contributed by atoms with Gasteiger partial charge >= 0.3 is 5.97 Å². The summed E-state index contributed by atoms with van der Waals surface area (Å²) in [5, 5.41) is 11.4. The minimum absolute atomic E-state index is 0.0332. The van der Waals surface area contributed by atoms with Gasteiger partial charge in [0.1, 0.15) is 0 Å². The zero-order valence-electron chi connectivity index (χ0n) is 13.2. The number of aliphatic carboxylic acids is 1. The van der Waals surface area contributed by atoms with E-state index < -0.39 is 5.97 Å². The Morgan fingerprint density at radius 3 is 2.65 bits per heavy atom. The lowest BCUT2D eigenvalue weighted by atomic mass is 9.84. The third-order valence-electron chi connectivity index (χ3n) is 4.21. The van der Waals surface area contributed by atoms with Crippen molar-refractivity contribution in [3.05, 3.63) is 35.9 Å². The van der Waals surface area contributed by atoms with Crippen molar-refractivity contribution in [1.29, 1.82) is 0 Å². The van der Waals surface area contributed by atoms with Crippen molar-refractivity contribution in [2.45, 2.75) is 31.7 Å². The normalized spacial score (nSPS) is 21.1. The molecule has 1 saturated heterocycles. The molecule has 0 saturated carbocycles. The van der Waals surface area contributed by atoms with E-state index in [4.69, 9.17) is 5.11 Å². The van der Waals surface area contributed by atoms with Crippen LogP contribution in [0.25, 0.3) is 0 Å². The van der Waals surface area contributed by atoms with Gasteiger partial charge in [-0.1, -0.05) is 30.3 Å². The summed E-state index contributed by atoms with van der Waals surface area (Å²) in [7, 11) is 1.73. The van der Waals surface area contributed by atoms with Gasteiger partial charge in [-0.2, -0.15) is 0 Å². The van der Waals surface area contributed by atoms with Crippen LogP contribution in [0.4, 0.5) is 0 Å². The average Bonchev–Trinajstić information content (AvgIpc) is 2.54. The zero-order chi connectivity index (χ0) is 16.8. The first-order valence-corrected chi connectivity index (χ1v) is 7.81. The highest BCUT2D eigenvalue weighted by Gasteiger charge is 2.38. The number of carboxylic acid groups (broad SMARTS) is 1. The summed E-state index contributed by atoms with van der Waals surface area (Å²) in [6.45, 7) is 0.334. The molecule has 0 radical (unpaired) electrons. The molecule has 0 bridgehead atoms. The largest absolute Gasteiger partial charge is 0.481 e. The quantitative estimate of drug-likeness (QED) is 0.780. The van der Waals surface area contributed by atoms with Crippen LogP contribution in [0.15, 0.2) is 30.3 Å². The molecule has 1 heterocycles. The van der Waals surface area contributed by atoms with E-state index in [1.807, 2.05) is 30.3 Å². The number of piperidine rings is 1. The van der Waals surface area contributed by atoms with Gasteiger partial charge in [-0.25, -0.2) is 0 Å². The van der Waals surface area contributed by atoms with Gasteiger partial charge in [-0.3, -0.25) is 14.4 Å². The van der Waals surface area contributed by atoms with Crippen molar-refractivity contribution in [2.75, 3.05) is 13.6 Å². The van der Waals surface area contributed by atoms with E-state index in [0.29, 0.717) is 25.8 Å². The van der Waals surface area contributed by atoms with Crippen molar-refractivity contribution in [3.63, 3.8) is 0 Å². The van der Waals surface area contributed by atoms with Gasteiger partial charge in [-0.15, -0.1) is 0 Å². The lowest BCUT2D eigenvalue weighted by Gasteiger charge is -2.38. The number of benzene rings is 1. The first kappa shape index (κ1) is 17.0. The van der Waals surface area contributed by atoms with Gasteiger partial charge in [0, 0.05) is 26.4 Å². The van der Waals surface area contributed by atoms with Crippen LogP contribution in [0.5, 0.6) is 0 Å². The van der Waals surface area contributed by atoms with E-state index in [-0.39, 0.29) is 30.2 Å². The third-order valence-corrected chi connectivity index (χ3v) is 4.21. The molecule has 1 fully saturated rings. The number of carbonyl (C=O) groups excluding carboxylic acids is 2. The summed E-state index contributed by atoms with van der Waals surface area (Å²) >= 11 is 0. The monoisotopic (exact) mass is 318 g/mol. The summed E-state index contributed by atoms with van der Waals surface area (Å²) in [6, 6.07) is 9.25. The van der Waals surface area contributed by atoms with Crippen LogP contribution in [0.1, 0.15) is 37.3 Å². The molecule has 23 heavy (non-hydrogen) atoms. The fourth-order valence-corrected chi connectivity index (χ4v) is 3.00. The molecule has 0 spiro atoms. The second-order valence-corrected chi connectivity index (χ2v) is 5.79. The lowest BCUT2D eigenvalue weighted by Crippen LogP contribution is -2.46. The van der Waals surface area contributed by atoms with Crippen LogP contribution in [0.3, 0.4) is 0 Å².